The monoisotopic (exact) mass is 381 g/mol. The van der Waals surface area contributed by atoms with Gasteiger partial charge in [0.2, 0.25) is 0 Å². The van der Waals surface area contributed by atoms with Gasteiger partial charge in [-0.2, -0.15) is 13.2 Å². The zero-order chi connectivity index (χ0) is 18.3. The fourth-order valence-corrected chi connectivity index (χ4v) is 3.66. The van der Waals surface area contributed by atoms with E-state index in [9.17, 15) is 18.0 Å². The number of imidazole rings is 1. The van der Waals surface area contributed by atoms with E-state index in [1.807, 2.05) is 5.38 Å². The lowest BCUT2D eigenvalue weighted by atomic mass is 10.1. The quantitative estimate of drug-likeness (QED) is 0.682. The molecule has 1 aliphatic heterocycles. The summed E-state index contributed by atoms with van der Waals surface area (Å²) in [5.74, 6) is -0.237. The van der Waals surface area contributed by atoms with Gasteiger partial charge in [-0.05, 0) is 12.1 Å². The summed E-state index contributed by atoms with van der Waals surface area (Å²) >= 11 is 1.36. The van der Waals surface area contributed by atoms with Gasteiger partial charge in [0.25, 0.3) is 5.91 Å². The summed E-state index contributed by atoms with van der Waals surface area (Å²) in [5, 5.41) is 1.82. The van der Waals surface area contributed by atoms with E-state index in [-0.39, 0.29) is 11.6 Å². The second kappa shape index (κ2) is 6.40. The highest BCUT2D eigenvalue weighted by Gasteiger charge is 2.31. The summed E-state index contributed by atoms with van der Waals surface area (Å²) in [7, 11) is 0. The van der Waals surface area contributed by atoms with Crippen molar-refractivity contribution in [3.63, 3.8) is 0 Å². The molecule has 0 unspecified atom stereocenters. The Morgan fingerprint density at radius 2 is 1.85 bits per heavy atom. The molecular weight excluding hydrogens is 367 g/mol. The van der Waals surface area contributed by atoms with Crippen molar-refractivity contribution in [1.29, 1.82) is 0 Å². The number of ether oxygens (including phenoxy) is 1. The number of fused-ring (bicyclic) bond motifs is 1. The molecule has 4 rings (SSSR count). The van der Waals surface area contributed by atoms with Crippen molar-refractivity contribution < 1.29 is 22.7 Å². The average molecular weight is 381 g/mol. The summed E-state index contributed by atoms with van der Waals surface area (Å²) in [6, 6.07) is 4.79. The fraction of sp³-hybridized carbons (Fsp3) is 0.294. The third kappa shape index (κ3) is 2.97. The van der Waals surface area contributed by atoms with Crippen LogP contribution in [0.15, 0.2) is 35.8 Å². The van der Waals surface area contributed by atoms with Crippen molar-refractivity contribution in [2.45, 2.75) is 6.18 Å². The van der Waals surface area contributed by atoms with E-state index in [2.05, 4.69) is 4.98 Å². The van der Waals surface area contributed by atoms with Gasteiger partial charge in [0.05, 0.1) is 24.5 Å². The van der Waals surface area contributed by atoms with Crippen LogP contribution in [0.25, 0.3) is 16.2 Å². The molecule has 26 heavy (non-hydrogen) atoms. The number of carbonyl (C=O) groups excluding carboxylic acids is 1. The predicted molar refractivity (Wildman–Crippen MR) is 90.2 cm³/mol. The number of amides is 1. The summed E-state index contributed by atoms with van der Waals surface area (Å²) in [6.07, 6.45) is -2.64. The Hall–Kier alpha value is -2.39. The number of aromatic nitrogens is 2. The molecule has 1 aromatic carbocycles. The lowest BCUT2D eigenvalue weighted by Crippen LogP contribution is -2.41. The molecule has 0 aliphatic carbocycles. The first-order chi connectivity index (χ1) is 12.4. The minimum atomic E-state index is -4.40. The van der Waals surface area contributed by atoms with Crippen molar-refractivity contribution in [3.8, 4) is 11.3 Å². The van der Waals surface area contributed by atoms with Gasteiger partial charge in [-0.3, -0.25) is 9.20 Å². The maximum Gasteiger partial charge on any atom is 0.416 e. The van der Waals surface area contributed by atoms with Crippen LogP contribution in [-0.4, -0.2) is 46.5 Å². The largest absolute Gasteiger partial charge is 0.416 e. The molecule has 0 N–H and O–H groups in total. The standard InChI is InChI=1S/C17H14F3N3O2S/c18-17(19,20)12-3-1-11(2-4-12)14-13(21-16-23(14)7-10-26-16)15(24)22-5-8-25-9-6-22/h1-4,7,10H,5-6,8-9H2. The van der Waals surface area contributed by atoms with Gasteiger partial charge in [0, 0.05) is 30.2 Å². The normalized spacial score (nSPS) is 15.6. The fourth-order valence-electron chi connectivity index (χ4n) is 2.94. The zero-order valence-electron chi connectivity index (χ0n) is 13.5. The van der Waals surface area contributed by atoms with Gasteiger partial charge in [0.1, 0.15) is 0 Å². The number of rotatable bonds is 2. The van der Waals surface area contributed by atoms with Crippen LogP contribution in [0.2, 0.25) is 0 Å². The molecule has 9 heteroatoms. The van der Waals surface area contributed by atoms with E-state index in [1.165, 1.54) is 23.5 Å². The highest BCUT2D eigenvalue weighted by Crippen LogP contribution is 2.33. The maximum absolute atomic E-state index is 12.9. The summed E-state index contributed by atoms with van der Waals surface area (Å²) in [5.41, 5.74) is 0.541. The molecule has 5 nitrogen and oxygen atoms in total. The number of hydrogen-bond acceptors (Lipinski definition) is 4. The number of halogens is 3. The second-order valence-electron chi connectivity index (χ2n) is 5.84. The topological polar surface area (TPSA) is 46.8 Å². The molecule has 0 bridgehead atoms. The number of alkyl halides is 3. The Labute approximate surface area is 150 Å². The van der Waals surface area contributed by atoms with Crippen LogP contribution in [0.4, 0.5) is 13.2 Å². The molecule has 0 saturated carbocycles. The van der Waals surface area contributed by atoms with E-state index in [1.54, 1.807) is 15.5 Å². The van der Waals surface area contributed by atoms with Gasteiger partial charge in [-0.15, -0.1) is 11.3 Å². The summed E-state index contributed by atoms with van der Waals surface area (Å²) in [6.45, 7) is 1.86. The van der Waals surface area contributed by atoms with Crippen LogP contribution < -0.4 is 0 Å². The third-order valence-corrected chi connectivity index (χ3v) is 5.01. The van der Waals surface area contributed by atoms with Gasteiger partial charge < -0.3 is 9.64 Å². The van der Waals surface area contributed by atoms with Gasteiger partial charge in [0.15, 0.2) is 10.7 Å². The van der Waals surface area contributed by atoms with E-state index < -0.39 is 11.7 Å². The average Bonchev–Trinajstić information content (AvgIpc) is 3.22. The molecule has 1 amide bonds. The molecule has 0 spiro atoms. The highest BCUT2D eigenvalue weighted by atomic mass is 32.1. The first-order valence-electron chi connectivity index (χ1n) is 7.95. The van der Waals surface area contributed by atoms with Crippen molar-refractivity contribution in [2.24, 2.45) is 0 Å². The van der Waals surface area contributed by atoms with Crippen molar-refractivity contribution in [2.75, 3.05) is 26.3 Å². The SMILES string of the molecule is O=C(c1nc2sccn2c1-c1ccc(C(F)(F)F)cc1)N1CCOCC1. The zero-order valence-corrected chi connectivity index (χ0v) is 14.3. The Morgan fingerprint density at radius 3 is 2.50 bits per heavy atom. The van der Waals surface area contributed by atoms with Gasteiger partial charge in [-0.25, -0.2) is 4.98 Å². The number of carbonyl (C=O) groups is 1. The summed E-state index contributed by atoms with van der Waals surface area (Å²) in [4.78, 5) is 19.6. The second-order valence-corrected chi connectivity index (χ2v) is 6.72. The van der Waals surface area contributed by atoms with Gasteiger partial charge >= 0.3 is 6.18 Å². The lowest BCUT2D eigenvalue weighted by molar-refractivity contribution is -0.137. The minimum Gasteiger partial charge on any atom is -0.378 e. The Kier molecular flexibility index (Phi) is 4.20. The number of benzene rings is 1. The molecule has 2 aromatic heterocycles. The predicted octanol–water partition coefficient (Wildman–Crippen LogP) is 3.55. The number of thiazole rings is 1. The van der Waals surface area contributed by atoms with Crippen molar-refractivity contribution in [3.05, 3.63) is 47.1 Å². The number of morpholine rings is 1. The number of nitrogens with zero attached hydrogens (tertiary/aromatic N) is 3. The third-order valence-electron chi connectivity index (χ3n) is 4.25. The first kappa shape index (κ1) is 17.0. The van der Waals surface area contributed by atoms with Crippen molar-refractivity contribution in [1.82, 2.24) is 14.3 Å². The van der Waals surface area contributed by atoms with E-state index >= 15 is 0 Å². The van der Waals surface area contributed by atoms with Crippen LogP contribution in [0.1, 0.15) is 16.1 Å². The van der Waals surface area contributed by atoms with Crippen LogP contribution in [0.5, 0.6) is 0 Å². The summed E-state index contributed by atoms with van der Waals surface area (Å²) < 4.78 is 45.5. The lowest BCUT2D eigenvalue weighted by Gasteiger charge is -2.26. The molecule has 1 saturated heterocycles. The van der Waals surface area contributed by atoms with E-state index in [0.717, 1.165) is 12.1 Å². The van der Waals surface area contributed by atoms with Crippen molar-refractivity contribution >= 4 is 22.2 Å². The molecule has 0 atom stereocenters. The molecular formula is C17H14F3N3O2S. The molecule has 0 radical (unpaired) electrons. The Balaban J connectivity index is 1.78. The van der Waals surface area contributed by atoms with E-state index in [4.69, 9.17) is 4.74 Å². The highest BCUT2D eigenvalue weighted by molar-refractivity contribution is 7.15. The Morgan fingerprint density at radius 1 is 1.15 bits per heavy atom. The maximum atomic E-state index is 12.9. The molecule has 1 aliphatic rings. The molecule has 3 aromatic rings. The number of hydrogen-bond donors (Lipinski definition) is 0. The molecule has 136 valence electrons. The van der Waals surface area contributed by atoms with Gasteiger partial charge in [-0.1, -0.05) is 12.1 Å². The molecule has 3 heterocycles. The van der Waals surface area contributed by atoms with Crippen LogP contribution in [0, 0.1) is 0 Å². The molecule has 1 fully saturated rings. The minimum absolute atomic E-state index is 0.237. The first-order valence-corrected chi connectivity index (χ1v) is 8.83. The van der Waals surface area contributed by atoms with E-state index in [0.29, 0.717) is 42.5 Å². The van der Waals surface area contributed by atoms with Crippen LogP contribution >= 0.6 is 11.3 Å². The van der Waals surface area contributed by atoms with Crippen LogP contribution in [0.3, 0.4) is 0 Å². The smallest absolute Gasteiger partial charge is 0.378 e. The van der Waals surface area contributed by atoms with Crippen LogP contribution in [-0.2, 0) is 10.9 Å². The Bertz CT molecular complexity index is 940.